The van der Waals surface area contributed by atoms with Crippen LogP contribution in [0.1, 0.15) is 37.3 Å². The van der Waals surface area contributed by atoms with Gasteiger partial charge in [0, 0.05) is 24.6 Å². The van der Waals surface area contributed by atoms with Crippen molar-refractivity contribution in [3.63, 3.8) is 0 Å². The van der Waals surface area contributed by atoms with E-state index in [2.05, 4.69) is 5.32 Å². The third-order valence-corrected chi connectivity index (χ3v) is 5.20. The van der Waals surface area contributed by atoms with Crippen LogP contribution >= 0.6 is 0 Å². The van der Waals surface area contributed by atoms with Gasteiger partial charge in [0.2, 0.25) is 11.8 Å². The Morgan fingerprint density at radius 3 is 2.58 bits per heavy atom. The summed E-state index contributed by atoms with van der Waals surface area (Å²) in [6.07, 6.45) is -0.0547. The van der Waals surface area contributed by atoms with Gasteiger partial charge in [-0.1, -0.05) is 42.5 Å². The van der Waals surface area contributed by atoms with Gasteiger partial charge in [0.25, 0.3) is 0 Å². The average Bonchev–Trinajstić information content (AvgIpc) is 2.75. The number of esters is 1. The molecule has 0 radical (unpaired) electrons. The number of nitrogens with one attached hydrogen (secondary N) is 1. The number of benzene rings is 2. The van der Waals surface area contributed by atoms with Crippen molar-refractivity contribution in [2.24, 2.45) is 0 Å². The van der Waals surface area contributed by atoms with E-state index in [1.807, 2.05) is 30.3 Å². The van der Waals surface area contributed by atoms with Crippen LogP contribution in [0.3, 0.4) is 0 Å². The van der Waals surface area contributed by atoms with E-state index >= 15 is 0 Å². The number of amides is 2. The number of carbonyl (C=O) groups is 3. The average molecular weight is 424 g/mol. The number of ether oxygens (including phenoxy) is 1. The molecule has 6 nitrogen and oxygen atoms in total. The molecule has 31 heavy (non-hydrogen) atoms. The normalized spacial score (nSPS) is 16.3. The van der Waals surface area contributed by atoms with E-state index in [9.17, 15) is 18.8 Å². The molecule has 2 amide bonds. The molecule has 162 valence electrons. The first-order chi connectivity index (χ1) is 14.9. The predicted molar refractivity (Wildman–Crippen MR) is 113 cm³/mol. The molecule has 1 aliphatic heterocycles. The van der Waals surface area contributed by atoms with E-state index in [0.29, 0.717) is 17.8 Å². The lowest BCUT2D eigenvalue weighted by Crippen LogP contribution is -2.44. The molecule has 0 fully saturated rings. The SMILES string of the molecule is CCOC(=O)C1=C(C)N(CC(=O)NCc2ccccc2)C(=O)C[C@@H]1c1cccc(F)c1. The molecule has 7 heteroatoms. The van der Waals surface area contributed by atoms with Gasteiger partial charge in [-0.2, -0.15) is 0 Å². The Labute approximate surface area is 180 Å². The number of allylic oxidation sites excluding steroid dienone is 1. The second kappa shape index (κ2) is 10.0. The molecule has 0 spiro atoms. The number of rotatable bonds is 7. The standard InChI is InChI=1S/C24H25FN2O4/c1-3-31-24(30)23-16(2)27(15-21(28)26-14-17-8-5-4-6-9-17)22(29)13-20(23)18-10-7-11-19(25)12-18/h4-12,20H,3,13-15H2,1-2H3,(H,26,28)/t20-/m1/s1. The number of halogens is 1. The molecule has 1 atom stereocenters. The van der Waals surface area contributed by atoms with Gasteiger partial charge in [0.05, 0.1) is 12.2 Å². The lowest BCUT2D eigenvalue weighted by atomic mass is 9.83. The first-order valence-corrected chi connectivity index (χ1v) is 10.1. The van der Waals surface area contributed by atoms with E-state index in [4.69, 9.17) is 4.74 Å². The van der Waals surface area contributed by atoms with E-state index in [1.54, 1.807) is 19.9 Å². The second-order valence-electron chi connectivity index (χ2n) is 7.27. The summed E-state index contributed by atoms with van der Waals surface area (Å²) in [5, 5.41) is 2.79. The number of carbonyl (C=O) groups excluding carboxylic acids is 3. The molecule has 0 aliphatic carbocycles. The summed E-state index contributed by atoms with van der Waals surface area (Å²) in [5.41, 5.74) is 2.07. The highest BCUT2D eigenvalue weighted by Crippen LogP contribution is 2.37. The van der Waals surface area contributed by atoms with Crippen LogP contribution in [-0.2, 0) is 25.7 Å². The lowest BCUT2D eigenvalue weighted by Gasteiger charge is -2.34. The molecule has 1 aliphatic rings. The Hall–Kier alpha value is -3.48. The van der Waals surface area contributed by atoms with Crippen molar-refractivity contribution in [2.45, 2.75) is 32.7 Å². The minimum atomic E-state index is -0.633. The Kier molecular flexibility index (Phi) is 7.18. The predicted octanol–water partition coefficient (Wildman–Crippen LogP) is 3.30. The molecular formula is C24H25FN2O4. The molecule has 3 rings (SSSR count). The Bertz CT molecular complexity index is 1000. The van der Waals surface area contributed by atoms with E-state index in [0.717, 1.165) is 5.56 Å². The van der Waals surface area contributed by atoms with Crippen molar-refractivity contribution >= 4 is 17.8 Å². The van der Waals surface area contributed by atoms with E-state index in [-0.39, 0.29) is 37.0 Å². The highest BCUT2D eigenvalue weighted by molar-refractivity contribution is 5.97. The topological polar surface area (TPSA) is 75.7 Å². The van der Waals surface area contributed by atoms with Crippen LogP contribution in [0.15, 0.2) is 65.9 Å². The lowest BCUT2D eigenvalue weighted by molar-refractivity contribution is -0.141. The highest BCUT2D eigenvalue weighted by atomic mass is 19.1. The van der Waals surface area contributed by atoms with Gasteiger partial charge < -0.3 is 15.0 Å². The summed E-state index contributed by atoms with van der Waals surface area (Å²) in [7, 11) is 0. The zero-order valence-electron chi connectivity index (χ0n) is 17.6. The molecule has 0 saturated heterocycles. The molecule has 0 bridgehead atoms. The zero-order valence-corrected chi connectivity index (χ0v) is 17.6. The minimum absolute atomic E-state index is 0.0547. The monoisotopic (exact) mass is 424 g/mol. The van der Waals surface area contributed by atoms with E-state index < -0.39 is 17.7 Å². The van der Waals surface area contributed by atoms with Crippen molar-refractivity contribution in [3.8, 4) is 0 Å². The van der Waals surface area contributed by atoms with Crippen LogP contribution < -0.4 is 5.32 Å². The van der Waals surface area contributed by atoms with E-state index in [1.165, 1.54) is 23.1 Å². The van der Waals surface area contributed by atoms with Crippen molar-refractivity contribution in [1.29, 1.82) is 0 Å². The molecule has 2 aromatic rings. The maximum absolute atomic E-state index is 13.8. The van der Waals surface area contributed by atoms with Crippen LogP contribution in [0.2, 0.25) is 0 Å². The third-order valence-electron chi connectivity index (χ3n) is 5.20. The van der Waals surface area contributed by atoms with Crippen LogP contribution in [0.5, 0.6) is 0 Å². The minimum Gasteiger partial charge on any atom is -0.463 e. The van der Waals surface area contributed by atoms with Crippen molar-refractivity contribution < 1.29 is 23.5 Å². The maximum atomic E-state index is 13.8. The summed E-state index contributed by atoms with van der Waals surface area (Å²) in [6.45, 7) is 3.59. The highest BCUT2D eigenvalue weighted by Gasteiger charge is 2.37. The van der Waals surface area contributed by atoms with Gasteiger partial charge >= 0.3 is 5.97 Å². The maximum Gasteiger partial charge on any atom is 0.336 e. The zero-order chi connectivity index (χ0) is 22.4. The first-order valence-electron chi connectivity index (χ1n) is 10.1. The first kappa shape index (κ1) is 22.2. The smallest absolute Gasteiger partial charge is 0.336 e. The van der Waals surface area contributed by atoms with Gasteiger partial charge in [-0.3, -0.25) is 9.59 Å². The fourth-order valence-corrected chi connectivity index (χ4v) is 3.68. The van der Waals surface area contributed by atoms with Gasteiger partial charge in [0.15, 0.2) is 0 Å². The molecule has 2 aromatic carbocycles. The Balaban J connectivity index is 1.84. The summed E-state index contributed by atoms with van der Waals surface area (Å²) < 4.78 is 19.0. The number of nitrogens with zero attached hydrogens (tertiary/aromatic N) is 1. The quantitative estimate of drug-likeness (QED) is 0.692. The van der Waals surface area contributed by atoms with Crippen molar-refractivity contribution in [1.82, 2.24) is 10.2 Å². The third kappa shape index (κ3) is 5.36. The largest absolute Gasteiger partial charge is 0.463 e. The van der Waals surface area contributed by atoms with Gasteiger partial charge in [-0.15, -0.1) is 0 Å². The molecule has 0 saturated carbocycles. The van der Waals surface area contributed by atoms with Crippen LogP contribution in [0.25, 0.3) is 0 Å². The van der Waals surface area contributed by atoms with Crippen LogP contribution in [0, 0.1) is 5.82 Å². The fraction of sp³-hybridized carbons (Fsp3) is 0.292. The van der Waals surface area contributed by atoms with Crippen molar-refractivity contribution in [2.75, 3.05) is 13.2 Å². The van der Waals surface area contributed by atoms with Gasteiger partial charge in [0.1, 0.15) is 12.4 Å². The van der Waals surface area contributed by atoms with Crippen molar-refractivity contribution in [3.05, 3.63) is 82.8 Å². The van der Waals surface area contributed by atoms with Crippen LogP contribution in [0.4, 0.5) is 4.39 Å². The summed E-state index contributed by atoms with van der Waals surface area (Å²) in [4.78, 5) is 39.4. The summed E-state index contributed by atoms with van der Waals surface area (Å²) in [5.74, 6) is -2.31. The molecule has 1 N–H and O–H groups in total. The molecule has 0 aromatic heterocycles. The molecule has 1 heterocycles. The van der Waals surface area contributed by atoms with Gasteiger partial charge in [-0.25, -0.2) is 9.18 Å². The van der Waals surface area contributed by atoms with Crippen LogP contribution in [-0.4, -0.2) is 35.8 Å². The second-order valence-corrected chi connectivity index (χ2v) is 7.27. The molecular weight excluding hydrogens is 399 g/mol. The number of hydrogen-bond donors (Lipinski definition) is 1. The summed E-state index contributed by atoms with van der Waals surface area (Å²) in [6, 6.07) is 15.2. The Morgan fingerprint density at radius 2 is 1.90 bits per heavy atom. The summed E-state index contributed by atoms with van der Waals surface area (Å²) >= 11 is 0. The van der Waals surface area contributed by atoms with Gasteiger partial charge in [-0.05, 0) is 37.1 Å². The molecule has 0 unspecified atom stereocenters. The Morgan fingerprint density at radius 1 is 1.16 bits per heavy atom. The number of hydrogen-bond acceptors (Lipinski definition) is 4. The fourth-order valence-electron chi connectivity index (χ4n) is 3.68.